The van der Waals surface area contributed by atoms with Gasteiger partial charge in [0.2, 0.25) is 0 Å². The molecule has 0 unspecified atom stereocenters. The zero-order valence-corrected chi connectivity index (χ0v) is 25.4. The molecule has 216 valence electrons. The van der Waals surface area contributed by atoms with Crippen LogP contribution in [-0.2, 0) is 25.0 Å². The molecule has 6 heteroatoms. The van der Waals surface area contributed by atoms with E-state index < -0.39 is 0 Å². The van der Waals surface area contributed by atoms with Crippen LogP contribution < -0.4 is 5.32 Å². The summed E-state index contributed by atoms with van der Waals surface area (Å²) in [5.41, 5.74) is 5.81. The molecule has 1 amide bonds. The highest BCUT2D eigenvalue weighted by Gasteiger charge is 2.19. The molecular weight excluding hydrogens is 538 g/mol. The van der Waals surface area contributed by atoms with Crippen molar-refractivity contribution < 1.29 is 9.21 Å². The lowest BCUT2D eigenvalue weighted by atomic mass is 9.86. The number of hydrogen-bond acceptors (Lipinski definition) is 5. The van der Waals surface area contributed by atoms with E-state index in [1.54, 1.807) is 6.26 Å². The molecule has 0 aliphatic rings. The summed E-state index contributed by atoms with van der Waals surface area (Å²) in [4.78, 5) is 19.9. The van der Waals surface area contributed by atoms with Crippen LogP contribution in [0.2, 0.25) is 0 Å². The maximum absolute atomic E-state index is 12.7. The minimum atomic E-state index is -0.188. The van der Waals surface area contributed by atoms with E-state index in [1.807, 2.05) is 17.5 Å². The Bertz CT molecular complexity index is 1480. The summed E-state index contributed by atoms with van der Waals surface area (Å²) >= 11 is 1.54. The van der Waals surface area contributed by atoms with Gasteiger partial charge >= 0.3 is 0 Å². The number of thiazole rings is 1. The van der Waals surface area contributed by atoms with E-state index in [2.05, 4.69) is 116 Å². The quantitative estimate of drug-likeness (QED) is 0.162. The maximum Gasteiger partial charge on any atom is 0.271 e. The number of aromatic nitrogens is 1. The lowest BCUT2D eigenvalue weighted by Crippen LogP contribution is -2.26. The van der Waals surface area contributed by atoms with E-state index >= 15 is 0 Å². The summed E-state index contributed by atoms with van der Waals surface area (Å²) < 4.78 is 5.33. The summed E-state index contributed by atoms with van der Waals surface area (Å²) in [6.45, 7) is 9.43. The van der Waals surface area contributed by atoms with Crippen LogP contribution in [0.25, 0.3) is 0 Å². The summed E-state index contributed by atoms with van der Waals surface area (Å²) in [6.07, 6.45) is 2.57. The largest absolute Gasteiger partial charge is 0.467 e. The van der Waals surface area contributed by atoms with Gasteiger partial charge < -0.3 is 9.73 Å². The highest BCUT2D eigenvalue weighted by Crippen LogP contribution is 2.29. The predicted molar refractivity (Wildman–Crippen MR) is 171 cm³/mol. The van der Waals surface area contributed by atoms with Crippen LogP contribution in [0.4, 0.5) is 0 Å². The fourth-order valence-electron chi connectivity index (χ4n) is 5.14. The molecule has 2 heterocycles. The number of amides is 1. The summed E-state index contributed by atoms with van der Waals surface area (Å²) in [5.74, 6) is 0.817. The van der Waals surface area contributed by atoms with Gasteiger partial charge in [-0.05, 0) is 52.8 Å². The van der Waals surface area contributed by atoms with Crippen molar-refractivity contribution in [1.82, 2.24) is 15.2 Å². The third-order valence-corrected chi connectivity index (χ3v) is 8.34. The van der Waals surface area contributed by atoms with Gasteiger partial charge in [-0.15, -0.1) is 11.3 Å². The molecule has 2 aromatic heterocycles. The van der Waals surface area contributed by atoms with Crippen molar-refractivity contribution in [2.75, 3.05) is 6.54 Å². The predicted octanol–water partition coefficient (Wildman–Crippen LogP) is 8.19. The first-order chi connectivity index (χ1) is 20.3. The van der Waals surface area contributed by atoms with Crippen LogP contribution in [0, 0.1) is 0 Å². The Morgan fingerprint density at radius 3 is 2.14 bits per heavy atom. The van der Waals surface area contributed by atoms with E-state index in [9.17, 15) is 4.79 Å². The second-order valence-electron chi connectivity index (χ2n) is 11.7. The molecule has 0 atom stereocenters. The average Bonchev–Trinajstić information content (AvgIpc) is 3.70. The highest BCUT2D eigenvalue weighted by atomic mass is 32.1. The Kier molecular flexibility index (Phi) is 9.67. The Morgan fingerprint density at radius 1 is 0.881 bits per heavy atom. The van der Waals surface area contributed by atoms with Crippen molar-refractivity contribution >= 4 is 17.2 Å². The standard InChI is InChI=1S/C36H39N3O2S/c1-36(2,3)30-18-16-27(17-19-30)24-39(21-20-32(28-11-6-4-7-12-28)29-13-8-5-9-14-29)25-34-38-33(26-42-34)35(40)37-23-31-15-10-22-41-31/h4-19,22,26,32H,20-21,23-25H2,1-3H3,(H,37,40). The van der Waals surface area contributed by atoms with Crippen LogP contribution in [0.5, 0.6) is 0 Å². The smallest absolute Gasteiger partial charge is 0.271 e. The summed E-state index contributed by atoms with van der Waals surface area (Å²) in [7, 11) is 0. The second kappa shape index (κ2) is 13.8. The molecule has 0 saturated carbocycles. The third kappa shape index (κ3) is 8.05. The van der Waals surface area contributed by atoms with E-state index in [-0.39, 0.29) is 17.2 Å². The normalized spacial score (nSPS) is 11.7. The maximum atomic E-state index is 12.7. The van der Waals surface area contributed by atoms with Crippen molar-refractivity contribution in [3.63, 3.8) is 0 Å². The van der Waals surface area contributed by atoms with Gasteiger partial charge in [0.25, 0.3) is 5.91 Å². The topological polar surface area (TPSA) is 58.4 Å². The van der Waals surface area contributed by atoms with Crippen LogP contribution in [0.1, 0.15) is 76.6 Å². The Hall–Kier alpha value is -4.00. The molecule has 42 heavy (non-hydrogen) atoms. The molecule has 0 aliphatic carbocycles. The van der Waals surface area contributed by atoms with Crippen molar-refractivity contribution in [3.05, 3.63) is 147 Å². The minimum Gasteiger partial charge on any atom is -0.467 e. The lowest BCUT2D eigenvalue weighted by molar-refractivity contribution is 0.0943. The average molecular weight is 578 g/mol. The van der Waals surface area contributed by atoms with Crippen LogP contribution in [0.3, 0.4) is 0 Å². The molecule has 0 spiro atoms. The fraction of sp³-hybridized carbons (Fsp3) is 0.278. The van der Waals surface area contributed by atoms with Crippen LogP contribution in [0.15, 0.2) is 113 Å². The number of carbonyl (C=O) groups is 1. The Balaban J connectivity index is 1.33. The van der Waals surface area contributed by atoms with Gasteiger partial charge in [0, 0.05) is 17.8 Å². The van der Waals surface area contributed by atoms with Gasteiger partial charge in [-0.1, -0.05) is 106 Å². The SMILES string of the molecule is CC(C)(C)c1ccc(CN(CCC(c2ccccc2)c2ccccc2)Cc2nc(C(=O)NCc3ccco3)cs2)cc1. The van der Waals surface area contributed by atoms with Gasteiger partial charge in [0.15, 0.2) is 0 Å². The van der Waals surface area contributed by atoms with Gasteiger partial charge in [-0.3, -0.25) is 9.69 Å². The number of nitrogens with zero attached hydrogens (tertiary/aromatic N) is 2. The first-order valence-corrected chi connectivity index (χ1v) is 15.4. The van der Waals surface area contributed by atoms with E-state index in [4.69, 9.17) is 9.40 Å². The molecule has 0 saturated heterocycles. The Labute approximate surface area is 253 Å². The molecule has 5 rings (SSSR count). The van der Waals surface area contributed by atoms with E-state index in [0.29, 0.717) is 24.5 Å². The Morgan fingerprint density at radius 2 is 1.55 bits per heavy atom. The fourth-order valence-corrected chi connectivity index (χ4v) is 5.96. The van der Waals surface area contributed by atoms with Crippen LogP contribution >= 0.6 is 11.3 Å². The van der Waals surface area contributed by atoms with Gasteiger partial charge in [0.1, 0.15) is 16.5 Å². The van der Waals surface area contributed by atoms with Crippen LogP contribution in [-0.4, -0.2) is 22.3 Å². The van der Waals surface area contributed by atoms with E-state index in [0.717, 1.165) is 24.5 Å². The number of rotatable bonds is 12. The number of carbonyl (C=O) groups excluding carboxylic acids is 1. The summed E-state index contributed by atoms with van der Waals surface area (Å²) in [6, 6.07) is 34.2. The number of nitrogens with one attached hydrogen (secondary N) is 1. The van der Waals surface area contributed by atoms with Gasteiger partial charge in [-0.2, -0.15) is 0 Å². The molecule has 5 aromatic rings. The summed E-state index contributed by atoms with van der Waals surface area (Å²) in [5, 5.41) is 5.68. The molecule has 0 aliphatic heterocycles. The first kappa shape index (κ1) is 29.5. The minimum absolute atomic E-state index is 0.117. The van der Waals surface area contributed by atoms with Gasteiger partial charge in [0.05, 0.1) is 19.4 Å². The molecule has 1 N–H and O–H groups in total. The molecule has 5 nitrogen and oxygen atoms in total. The number of hydrogen-bond donors (Lipinski definition) is 1. The van der Waals surface area contributed by atoms with E-state index in [1.165, 1.54) is 33.6 Å². The monoisotopic (exact) mass is 577 g/mol. The zero-order chi connectivity index (χ0) is 29.4. The van der Waals surface area contributed by atoms with Crippen molar-refractivity contribution in [1.29, 1.82) is 0 Å². The third-order valence-electron chi connectivity index (χ3n) is 7.51. The second-order valence-corrected chi connectivity index (χ2v) is 12.7. The molecule has 0 bridgehead atoms. The molecule has 3 aromatic carbocycles. The number of benzene rings is 3. The van der Waals surface area contributed by atoms with Crippen molar-refractivity contribution in [2.45, 2.75) is 58.2 Å². The zero-order valence-electron chi connectivity index (χ0n) is 24.6. The lowest BCUT2D eigenvalue weighted by Gasteiger charge is -2.26. The molecule has 0 fully saturated rings. The first-order valence-electron chi connectivity index (χ1n) is 14.5. The highest BCUT2D eigenvalue weighted by molar-refractivity contribution is 7.09. The van der Waals surface area contributed by atoms with Crippen molar-refractivity contribution in [2.24, 2.45) is 0 Å². The molecular formula is C36H39N3O2S. The number of furan rings is 1. The van der Waals surface area contributed by atoms with Crippen molar-refractivity contribution in [3.8, 4) is 0 Å². The molecule has 0 radical (unpaired) electrons. The van der Waals surface area contributed by atoms with Gasteiger partial charge in [-0.25, -0.2) is 4.98 Å².